The second-order valence-corrected chi connectivity index (χ2v) is 17.8. The Bertz CT molecular complexity index is 4120. The predicted octanol–water partition coefficient (Wildman–Crippen LogP) is 17.4. The third-order valence-corrected chi connectivity index (χ3v) is 14.2. The van der Waals surface area contributed by atoms with Gasteiger partial charge in [0.05, 0.1) is 0 Å². The second kappa shape index (κ2) is 12.6. The zero-order chi connectivity index (χ0) is 41.6. The molecule has 2 heterocycles. The number of fused-ring (bicyclic) bond motifs is 15. The van der Waals surface area contributed by atoms with E-state index in [9.17, 15) is 0 Å². The highest BCUT2D eigenvalue weighted by Crippen LogP contribution is 2.55. The van der Waals surface area contributed by atoms with Crippen molar-refractivity contribution in [3.05, 3.63) is 205 Å². The summed E-state index contributed by atoms with van der Waals surface area (Å²) in [4.78, 5) is 0. The third kappa shape index (κ3) is 4.67. The van der Waals surface area contributed by atoms with Crippen LogP contribution in [0.5, 0.6) is 0 Å². The standard InChI is InChI=1S/C61H38O2/c1-61(2)52-29-9-7-19-41(52)44-25-13-27-47(58(44)61)55-42-23-11-21-39(45-26-14-28-48-56-37-17-5-3-15-35(37)31-32-54(56)63-59(45)48)49(42)34-50-40(22-12-24-43(50)55)51-33-36-16-4-6-18-38(36)57-46-20-8-10-30-53(46)62-60(51)57/h3-34H,1-2H3. The lowest BCUT2D eigenvalue weighted by Gasteiger charge is -2.26. The molecular formula is C61H38O2. The topological polar surface area (TPSA) is 26.3 Å². The van der Waals surface area contributed by atoms with Crippen molar-refractivity contribution in [1.82, 2.24) is 0 Å². The quantitative estimate of drug-likeness (QED) is 0.166. The van der Waals surface area contributed by atoms with Crippen LogP contribution in [0, 0.1) is 0 Å². The van der Waals surface area contributed by atoms with Crippen LogP contribution in [0.4, 0.5) is 0 Å². The molecule has 0 saturated carbocycles. The first kappa shape index (κ1) is 34.7. The van der Waals surface area contributed by atoms with Crippen molar-refractivity contribution in [2.24, 2.45) is 0 Å². The molecule has 2 nitrogen and oxygen atoms in total. The molecule has 0 unspecified atom stereocenters. The molecule has 2 heteroatoms. The van der Waals surface area contributed by atoms with E-state index in [1.165, 1.54) is 76.5 Å². The van der Waals surface area contributed by atoms with Crippen LogP contribution in [0.2, 0.25) is 0 Å². The minimum absolute atomic E-state index is 0.215. The molecule has 63 heavy (non-hydrogen) atoms. The molecule has 0 radical (unpaired) electrons. The van der Waals surface area contributed by atoms with Crippen LogP contribution < -0.4 is 0 Å². The van der Waals surface area contributed by atoms with E-state index in [0.29, 0.717) is 0 Å². The van der Waals surface area contributed by atoms with Crippen LogP contribution in [0.3, 0.4) is 0 Å². The van der Waals surface area contributed by atoms with Gasteiger partial charge in [-0.1, -0.05) is 184 Å². The highest BCUT2D eigenvalue weighted by atomic mass is 16.3. The van der Waals surface area contributed by atoms with Gasteiger partial charge in [-0.2, -0.15) is 0 Å². The molecule has 0 bridgehead atoms. The van der Waals surface area contributed by atoms with Crippen LogP contribution >= 0.6 is 0 Å². The van der Waals surface area contributed by atoms with Crippen molar-refractivity contribution >= 4 is 87.0 Å². The fraction of sp³-hybridized carbons (Fsp3) is 0.0492. The first-order valence-electron chi connectivity index (χ1n) is 21.9. The fourth-order valence-electron chi connectivity index (χ4n) is 11.5. The van der Waals surface area contributed by atoms with Crippen molar-refractivity contribution in [3.8, 4) is 44.5 Å². The summed E-state index contributed by atoms with van der Waals surface area (Å²) in [5.41, 5.74) is 15.7. The van der Waals surface area contributed by atoms with E-state index in [0.717, 1.165) is 66.1 Å². The van der Waals surface area contributed by atoms with Gasteiger partial charge in [0.2, 0.25) is 0 Å². The van der Waals surface area contributed by atoms with Crippen molar-refractivity contribution in [3.63, 3.8) is 0 Å². The van der Waals surface area contributed by atoms with Gasteiger partial charge in [-0.3, -0.25) is 0 Å². The van der Waals surface area contributed by atoms with Gasteiger partial charge in [-0.25, -0.2) is 0 Å². The van der Waals surface area contributed by atoms with E-state index >= 15 is 0 Å². The summed E-state index contributed by atoms with van der Waals surface area (Å²) in [6.45, 7) is 4.79. The summed E-state index contributed by atoms with van der Waals surface area (Å²) in [7, 11) is 0. The van der Waals surface area contributed by atoms with Crippen molar-refractivity contribution < 1.29 is 8.83 Å². The summed E-state index contributed by atoms with van der Waals surface area (Å²) in [5.74, 6) is 0. The van der Waals surface area contributed by atoms with E-state index in [1.807, 2.05) is 0 Å². The maximum absolute atomic E-state index is 6.92. The number of furan rings is 2. The fourth-order valence-corrected chi connectivity index (χ4v) is 11.5. The average Bonchev–Trinajstić information content (AvgIpc) is 3.99. The second-order valence-electron chi connectivity index (χ2n) is 17.8. The van der Waals surface area contributed by atoms with Gasteiger partial charge in [0.1, 0.15) is 22.3 Å². The van der Waals surface area contributed by atoms with Crippen LogP contribution in [0.25, 0.3) is 131 Å². The molecule has 0 saturated heterocycles. The summed E-state index contributed by atoms with van der Waals surface area (Å²) < 4.78 is 13.8. The van der Waals surface area contributed by atoms with E-state index in [4.69, 9.17) is 8.83 Å². The molecule has 1 aliphatic rings. The largest absolute Gasteiger partial charge is 0.455 e. The highest BCUT2D eigenvalue weighted by molar-refractivity contribution is 6.27. The number of para-hydroxylation sites is 2. The van der Waals surface area contributed by atoms with Crippen molar-refractivity contribution in [2.75, 3.05) is 0 Å². The molecule has 0 atom stereocenters. The molecule has 0 aliphatic heterocycles. The minimum atomic E-state index is -0.215. The number of benzene rings is 11. The molecule has 0 spiro atoms. The molecule has 294 valence electrons. The SMILES string of the molecule is CC1(C)c2ccccc2-c2cccc(-c3c4cccc(-c5cccc6c5oc5ccc7ccccc7c56)c4cc4c(-c5cc6ccccc6c6c5oc5ccccc56)cccc34)c21. The van der Waals surface area contributed by atoms with Crippen LogP contribution in [-0.2, 0) is 5.41 Å². The maximum atomic E-state index is 6.92. The van der Waals surface area contributed by atoms with E-state index in [2.05, 4.69) is 208 Å². The van der Waals surface area contributed by atoms with Crippen LogP contribution in [0.15, 0.2) is 203 Å². The Morgan fingerprint density at radius 3 is 1.68 bits per heavy atom. The molecule has 2 aromatic heterocycles. The number of hydrogen-bond donors (Lipinski definition) is 0. The first-order chi connectivity index (χ1) is 31.0. The first-order valence-corrected chi connectivity index (χ1v) is 21.9. The van der Waals surface area contributed by atoms with Gasteiger partial charge in [0, 0.05) is 38.1 Å². The van der Waals surface area contributed by atoms with Gasteiger partial charge >= 0.3 is 0 Å². The van der Waals surface area contributed by atoms with E-state index in [1.54, 1.807) is 0 Å². The van der Waals surface area contributed by atoms with Gasteiger partial charge in [-0.05, 0) is 112 Å². The summed E-state index contributed by atoms with van der Waals surface area (Å²) in [6, 6.07) is 71.1. The summed E-state index contributed by atoms with van der Waals surface area (Å²) >= 11 is 0. The third-order valence-electron chi connectivity index (χ3n) is 14.2. The molecule has 11 aromatic carbocycles. The van der Waals surface area contributed by atoms with E-state index in [-0.39, 0.29) is 5.41 Å². The van der Waals surface area contributed by atoms with E-state index < -0.39 is 0 Å². The molecule has 0 amide bonds. The number of hydrogen-bond acceptors (Lipinski definition) is 2. The molecule has 0 fully saturated rings. The van der Waals surface area contributed by atoms with Gasteiger partial charge in [0.15, 0.2) is 0 Å². The summed E-state index contributed by atoms with van der Waals surface area (Å²) in [6.07, 6.45) is 0. The van der Waals surface area contributed by atoms with Crippen molar-refractivity contribution in [1.29, 1.82) is 0 Å². The molecule has 14 rings (SSSR count). The number of rotatable bonds is 3. The monoisotopic (exact) mass is 802 g/mol. The van der Waals surface area contributed by atoms with Crippen LogP contribution in [0.1, 0.15) is 25.0 Å². The lowest BCUT2D eigenvalue weighted by Crippen LogP contribution is -2.16. The smallest absolute Gasteiger partial charge is 0.143 e. The normalized spacial score (nSPS) is 13.4. The average molecular weight is 803 g/mol. The highest BCUT2D eigenvalue weighted by Gasteiger charge is 2.38. The Labute approximate surface area is 363 Å². The van der Waals surface area contributed by atoms with Gasteiger partial charge in [-0.15, -0.1) is 0 Å². The molecular weight excluding hydrogens is 765 g/mol. The van der Waals surface area contributed by atoms with Crippen LogP contribution in [-0.4, -0.2) is 0 Å². The summed E-state index contributed by atoms with van der Waals surface area (Å²) in [5, 5.41) is 14.2. The Morgan fingerprint density at radius 2 is 0.873 bits per heavy atom. The van der Waals surface area contributed by atoms with Gasteiger partial charge < -0.3 is 8.83 Å². The molecule has 13 aromatic rings. The lowest BCUT2D eigenvalue weighted by atomic mass is 9.77. The molecule has 1 aliphatic carbocycles. The van der Waals surface area contributed by atoms with Crippen molar-refractivity contribution in [2.45, 2.75) is 19.3 Å². The van der Waals surface area contributed by atoms with Gasteiger partial charge in [0.25, 0.3) is 0 Å². The maximum Gasteiger partial charge on any atom is 0.143 e. The molecule has 0 N–H and O–H groups in total. The Hall–Kier alpha value is -7.94. The predicted molar refractivity (Wildman–Crippen MR) is 265 cm³/mol. The Morgan fingerprint density at radius 1 is 0.317 bits per heavy atom. The lowest BCUT2D eigenvalue weighted by molar-refractivity contribution is 0.662. The zero-order valence-corrected chi connectivity index (χ0v) is 34.8. The zero-order valence-electron chi connectivity index (χ0n) is 34.8. The Kier molecular flexibility index (Phi) is 6.93. The Balaban J connectivity index is 1.14. The minimum Gasteiger partial charge on any atom is -0.455 e.